The Bertz CT molecular complexity index is 782. The van der Waals surface area contributed by atoms with Crippen molar-refractivity contribution in [3.05, 3.63) is 88.4 Å². The van der Waals surface area contributed by atoms with E-state index in [4.69, 9.17) is 0 Å². The number of nitrogens with zero attached hydrogens (tertiary/aromatic N) is 2. The minimum atomic E-state index is -0.0752. The van der Waals surface area contributed by atoms with Gasteiger partial charge in [-0.25, -0.2) is 4.98 Å². The molecular weight excluding hydrogens is 354 g/mol. The first-order valence-electron chi connectivity index (χ1n) is 7.28. The molecule has 0 atom stereocenters. The molecular formula is C18H16BrN3O. The van der Waals surface area contributed by atoms with Crippen molar-refractivity contribution >= 4 is 21.8 Å². The van der Waals surface area contributed by atoms with Gasteiger partial charge in [0.2, 0.25) is 0 Å². The van der Waals surface area contributed by atoms with Crippen molar-refractivity contribution in [2.75, 3.05) is 0 Å². The highest BCUT2D eigenvalue weighted by atomic mass is 79.9. The topological polar surface area (TPSA) is 46.9 Å². The highest BCUT2D eigenvalue weighted by Gasteiger charge is 2.05. The third-order valence-electron chi connectivity index (χ3n) is 3.49. The predicted octanol–water partition coefficient (Wildman–Crippen LogP) is 3.62. The average molecular weight is 370 g/mol. The van der Waals surface area contributed by atoms with Crippen molar-refractivity contribution in [1.29, 1.82) is 0 Å². The highest BCUT2D eigenvalue weighted by Crippen LogP contribution is 2.12. The van der Waals surface area contributed by atoms with E-state index in [2.05, 4.69) is 38.4 Å². The van der Waals surface area contributed by atoms with E-state index >= 15 is 0 Å². The quantitative estimate of drug-likeness (QED) is 0.746. The fraction of sp³-hybridized carbons (Fsp3) is 0.111. The molecule has 0 unspecified atom stereocenters. The van der Waals surface area contributed by atoms with Gasteiger partial charge in [0, 0.05) is 35.5 Å². The summed E-state index contributed by atoms with van der Waals surface area (Å²) < 4.78 is 2.92. The van der Waals surface area contributed by atoms with Gasteiger partial charge in [-0.1, -0.05) is 46.3 Å². The second-order valence-electron chi connectivity index (χ2n) is 5.24. The van der Waals surface area contributed by atoms with Crippen LogP contribution in [0.4, 0.5) is 0 Å². The first-order chi connectivity index (χ1) is 11.2. The number of carbonyl (C=O) groups excluding carboxylic acids is 1. The second kappa shape index (κ2) is 7.24. The van der Waals surface area contributed by atoms with Crippen molar-refractivity contribution in [1.82, 2.24) is 14.9 Å². The van der Waals surface area contributed by atoms with Gasteiger partial charge in [0.1, 0.15) is 0 Å². The van der Waals surface area contributed by atoms with Crippen molar-refractivity contribution in [2.24, 2.45) is 0 Å². The van der Waals surface area contributed by atoms with E-state index in [1.165, 1.54) is 5.56 Å². The zero-order valence-corrected chi connectivity index (χ0v) is 14.0. The molecule has 0 radical (unpaired) electrons. The zero-order chi connectivity index (χ0) is 16.1. The van der Waals surface area contributed by atoms with Gasteiger partial charge in [-0.2, -0.15) is 0 Å². The van der Waals surface area contributed by atoms with Gasteiger partial charge in [0.25, 0.3) is 5.91 Å². The number of benzene rings is 2. The fourth-order valence-electron chi connectivity index (χ4n) is 2.27. The summed E-state index contributed by atoms with van der Waals surface area (Å²) in [5, 5.41) is 2.93. The number of nitrogens with one attached hydrogen (secondary N) is 1. The monoisotopic (exact) mass is 369 g/mol. The molecule has 0 aliphatic heterocycles. The van der Waals surface area contributed by atoms with Crippen LogP contribution in [0, 0.1) is 0 Å². The van der Waals surface area contributed by atoms with Gasteiger partial charge in [0.05, 0.1) is 6.33 Å². The van der Waals surface area contributed by atoms with E-state index in [-0.39, 0.29) is 5.91 Å². The van der Waals surface area contributed by atoms with Crippen molar-refractivity contribution < 1.29 is 4.79 Å². The molecule has 0 saturated carbocycles. The van der Waals surface area contributed by atoms with Gasteiger partial charge in [0.15, 0.2) is 0 Å². The predicted molar refractivity (Wildman–Crippen MR) is 93.1 cm³/mol. The normalized spacial score (nSPS) is 10.5. The second-order valence-corrected chi connectivity index (χ2v) is 6.16. The smallest absolute Gasteiger partial charge is 0.251 e. The molecule has 0 aliphatic rings. The Morgan fingerprint density at radius 3 is 2.61 bits per heavy atom. The van der Waals surface area contributed by atoms with Gasteiger partial charge < -0.3 is 9.88 Å². The summed E-state index contributed by atoms with van der Waals surface area (Å²) >= 11 is 3.37. The lowest BCUT2D eigenvalue weighted by atomic mass is 10.1. The molecule has 3 rings (SSSR count). The van der Waals surface area contributed by atoms with Gasteiger partial charge in [-0.05, 0) is 29.3 Å². The Morgan fingerprint density at radius 1 is 1.13 bits per heavy atom. The Morgan fingerprint density at radius 2 is 1.91 bits per heavy atom. The molecule has 1 amide bonds. The summed E-state index contributed by atoms with van der Waals surface area (Å²) in [4.78, 5) is 16.1. The molecule has 5 heteroatoms. The van der Waals surface area contributed by atoms with Crippen LogP contribution < -0.4 is 5.32 Å². The lowest BCUT2D eigenvalue weighted by Crippen LogP contribution is -2.22. The first kappa shape index (κ1) is 15.5. The molecule has 116 valence electrons. The summed E-state index contributed by atoms with van der Waals surface area (Å²) in [6, 6.07) is 15.6. The Hall–Kier alpha value is -2.40. The number of carbonyl (C=O) groups is 1. The Labute approximate surface area is 143 Å². The van der Waals surface area contributed by atoms with E-state index in [1.54, 1.807) is 18.6 Å². The van der Waals surface area contributed by atoms with Crippen LogP contribution in [0.5, 0.6) is 0 Å². The minimum Gasteiger partial charge on any atom is -0.348 e. The van der Waals surface area contributed by atoms with Crippen molar-refractivity contribution in [3.63, 3.8) is 0 Å². The molecule has 1 heterocycles. The number of aromatic nitrogens is 2. The SMILES string of the molecule is O=C(NCc1ccc(Cn2ccnc2)cc1)c1cccc(Br)c1. The lowest BCUT2D eigenvalue weighted by molar-refractivity contribution is 0.0951. The van der Waals surface area contributed by atoms with E-state index in [9.17, 15) is 4.79 Å². The standard InChI is InChI=1S/C18H16BrN3O/c19-17-3-1-2-16(10-17)18(23)21-11-14-4-6-15(7-5-14)12-22-9-8-20-13-22/h1-10,13H,11-12H2,(H,21,23). The Kier molecular flexibility index (Phi) is 4.88. The minimum absolute atomic E-state index is 0.0752. The fourth-order valence-corrected chi connectivity index (χ4v) is 2.67. The summed E-state index contributed by atoms with van der Waals surface area (Å²) in [5.41, 5.74) is 2.92. The molecule has 0 aliphatic carbocycles. The molecule has 3 aromatic rings. The molecule has 0 fully saturated rings. The number of hydrogen-bond acceptors (Lipinski definition) is 2. The number of amides is 1. The molecule has 0 spiro atoms. The third kappa shape index (κ3) is 4.29. The largest absolute Gasteiger partial charge is 0.348 e. The maximum atomic E-state index is 12.1. The van der Waals surface area contributed by atoms with Crippen molar-refractivity contribution in [2.45, 2.75) is 13.1 Å². The van der Waals surface area contributed by atoms with E-state index < -0.39 is 0 Å². The van der Waals surface area contributed by atoms with Gasteiger partial charge in [-0.3, -0.25) is 4.79 Å². The summed E-state index contributed by atoms with van der Waals surface area (Å²) in [7, 11) is 0. The van der Waals surface area contributed by atoms with E-state index in [1.807, 2.05) is 41.1 Å². The highest BCUT2D eigenvalue weighted by molar-refractivity contribution is 9.10. The number of imidazole rings is 1. The van der Waals surface area contributed by atoms with E-state index in [0.717, 1.165) is 16.6 Å². The summed E-state index contributed by atoms with van der Waals surface area (Å²) in [5.74, 6) is -0.0752. The van der Waals surface area contributed by atoms with Crippen LogP contribution >= 0.6 is 15.9 Å². The van der Waals surface area contributed by atoms with Crippen LogP contribution in [-0.4, -0.2) is 15.5 Å². The van der Waals surface area contributed by atoms with Crippen LogP contribution in [0.15, 0.2) is 71.7 Å². The van der Waals surface area contributed by atoms with Gasteiger partial charge >= 0.3 is 0 Å². The number of halogens is 1. The number of rotatable bonds is 5. The molecule has 1 aromatic heterocycles. The summed E-state index contributed by atoms with van der Waals surface area (Å²) in [6.07, 6.45) is 5.50. The van der Waals surface area contributed by atoms with Crippen LogP contribution in [0.3, 0.4) is 0 Å². The molecule has 4 nitrogen and oxygen atoms in total. The van der Waals surface area contributed by atoms with Crippen molar-refractivity contribution in [3.8, 4) is 0 Å². The lowest BCUT2D eigenvalue weighted by Gasteiger charge is -2.07. The third-order valence-corrected chi connectivity index (χ3v) is 3.98. The van der Waals surface area contributed by atoms with Crippen LogP contribution in [0.2, 0.25) is 0 Å². The van der Waals surface area contributed by atoms with Gasteiger partial charge in [-0.15, -0.1) is 0 Å². The molecule has 2 aromatic carbocycles. The molecule has 0 bridgehead atoms. The zero-order valence-electron chi connectivity index (χ0n) is 12.4. The van der Waals surface area contributed by atoms with Crippen LogP contribution in [0.1, 0.15) is 21.5 Å². The maximum Gasteiger partial charge on any atom is 0.251 e. The Balaban J connectivity index is 1.57. The molecule has 23 heavy (non-hydrogen) atoms. The van der Waals surface area contributed by atoms with E-state index in [0.29, 0.717) is 12.1 Å². The summed E-state index contributed by atoms with van der Waals surface area (Å²) in [6.45, 7) is 1.31. The van der Waals surface area contributed by atoms with Crippen LogP contribution in [0.25, 0.3) is 0 Å². The van der Waals surface area contributed by atoms with Crippen LogP contribution in [-0.2, 0) is 13.1 Å². The molecule has 1 N–H and O–H groups in total. The average Bonchev–Trinajstić information content (AvgIpc) is 3.07. The first-order valence-corrected chi connectivity index (χ1v) is 8.07. The number of hydrogen-bond donors (Lipinski definition) is 1. The molecule has 0 saturated heterocycles. The maximum absolute atomic E-state index is 12.1.